The number of carbonyl (C=O) groups excluding carboxylic acids is 2. The monoisotopic (exact) mass is 342 g/mol. The van der Waals surface area contributed by atoms with E-state index in [0.29, 0.717) is 11.4 Å². The second kappa shape index (κ2) is 7.84. The number of hydrogen-bond acceptors (Lipinski definition) is 4. The summed E-state index contributed by atoms with van der Waals surface area (Å²) >= 11 is 3.28. The third kappa shape index (κ3) is 5.16. The van der Waals surface area contributed by atoms with Gasteiger partial charge in [-0.15, -0.1) is 0 Å². The standard InChI is InChI=1S/C13H19BrN4O2/c1-8(2)18-11(19)4-5-16-13(20)10-6-9(14)7-17-12(10)15-3/h6-8H,4-5H2,1-3H3,(H,15,17)(H,16,20)(H,18,19). The van der Waals surface area contributed by atoms with Gasteiger partial charge in [0.25, 0.3) is 5.91 Å². The fourth-order valence-electron chi connectivity index (χ4n) is 1.59. The van der Waals surface area contributed by atoms with E-state index >= 15 is 0 Å². The summed E-state index contributed by atoms with van der Waals surface area (Å²) in [6, 6.07) is 1.78. The zero-order valence-corrected chi connectivity index (χ0v) is 13.4. The van der Waals surface area contributed by atoms with Crippen molar-refractivity contribution >= 4 is 33.6 Å². The minimum atomic E-state index is -0.263. The van der Waals surface area contributed by atoms with Crippen molar-refractivity contribution in [3.05, 3.63) is 22.3 Å². The third-order valence-corrected chi connectivity index (χ3v) is 2.86. The molecule has 0 unspecified atom stereocenters. The van der Waals surface area contributed by atoms with Crippen molar-refractivity contribution in [2.45, 2.75) is 26.3 Å². The SMILES string of the molecule is CNc1ncc(Br)cc1C(=O)NCCC(=O)NC(C)C. The zero-order chi connectivity index (χ0) is 15.1. The highest BCUT2D eigenvalue weighted by atomic mass is 79.9. The molecule has 6 nitrogen and oxygen atoms in total. The maximum absolute atomic E-state index is 12.0. The van der Waals surface area contributed by atoms with Crippen LogP contribution >= 0.6 is 15.9 Å². The fourth-order valence-corrected chi connectivity index (χ4v) is 1.92. The van der Waals surface area contributed by atoms with E-state index in [-0.39, 0.29) is 30.8 Å². The quantitative estimate of drug-likeness (QED) is 0.732. The van der Waals surface area contributed by atoms with Crippen LogP contribution in [0.15, 0.2) is 16.7 Å². The van der Waals surface area contributed by atoms with Gasteiger partial charge in [-0.25, -0.2) is 4.98 Å². The van der Waals surface area contributed by atoms with Gasteiger partial charge in [0, 0.05) is 36.7 Å². The van der Waals surface area contributed by atoms with Crippen LogP contribution in [0, 0.1) is 0 Å². The van der Waals surface area contributed by atoms with E-state index in [4.69, 9.17) is 0 Å². The van der Waals surface area contributed by atoms with Crippen LogP contribution in [0.25, 0.3) is 0 Å². The molecule has 0 spiro atoms. The van der Waals surface area contributed by atoms with Crippen molar-refractivity contribution in [1.29, 1.82) is 0 Å². The van der Waals surface area contributed by atoms with Crippen LogP contribution in [-0.2, 0) is 4.79 Å². The Morgan fingerprint density at radius 1 is 1.40 bits per heavy atom. The summed E-state index contributed by atoms with van der Waals surface area (Å²) in [4.78, 5) is 27.6. The molecule has 0 aliphatic rings. The van der Waals surface area contributed by atoms with Gasteiger partial charge >= 0.3 is 0 Å². The maximum atomic E-state index is 12.0. The smallest absolute Gasteiger partial charge is 0.255 e. The average Bonchev–Trinajstić information content (AvgIpc) is 2.37. The lowest BCUT2D eigenvalue weighted by atomic mass is 10.2. The molecule has 110 valence electrons. The predicted octanol–water partition coefficient (Wildman–Crippen LogP) is 1.53. The Morgan fingerprint density at radius 3 is 2.70 bits per heavy atom. The number of amides is 2. The van der Waals surface area contributed by atoms with Gasteiger partial charge in [0.2, 0.25) is 5.91 Å². The molecule has 1 rings (SSSR count). The highest BCUT2D eigenvalue weighted by molar-refractivity contribution is 9.10. The van der Waals surface area contributed by atoms with E-state index in [1.807, 2.05) is 13.8 Å². The Balaban J connectivity index is 2.55. The van der Waals surface area contributed by atoms with Gasteiger partial charge in [-0.05, 0) is 35.8 Å². The molecule has 2 amide bonds. The highest BCUT2D eigenvalue weighted by Crippen LogP contribution is 2.17. The number of nitrogens with one attached hydrogen (secondary N) is 3. The second-order valence-electron chi connectivity index (χ2n) is 4.53. The molecule has 0 atom stereocenters. The summed E-state index contributed by atoms with van der Waals surface area (Å²) in [5.41, 5.74) is 0.436. The number of halogens is 1. The number of nitrogens with zero attached hydrogens (tertiary/aromatic N) is 1. The van der Waals surface area contributed by atoms with Crippen molar-refractivity contribution in [2.24, 2.45) is 0 Å². The van der Waals surface area contributed by atoms with E-state index in [1.54, 1.807) is 19.3 Å². The number of carbonyl (C=O) groups is 2. The molecule has 1 aromatic rings. The van der Waals surface area contributed by atoms with Gasteiger partial charge < -0.3 is 16.0 Å². The first-order valence-corrected chi connectivity index (χ1v) is 7.14. The largest absolute Gasteiger partial charge is 0.372 e. The van der Waals surface area contributed by atoms with Crippen molar-refractivity contribution in [3.8, 4) is 0 Å². The van der Waals surface area contributed by atoms with Crippen molar-refractivity contribution in [1.82, 2.24) is 15.6 Å². The zero-order valence-electron chi connectivity index (χ0n) is 11.8. The number of aromatic nitrogens is 1. The Labute approximate surface area is 126 Å². The minimum absolute atomic E-state index is 0.0819. The topological polar surface area (TPSA) is 83.1 Å². The van der Waals surface area contributed by atoms with E-state index < -0.39 is 0 Å². The van der Waals surface area contributed by atoms with E-state index in [1.165, 1.54) is 0 Å². The van der Waals surface area contributed by atoms with Crippen LogP contribution in [0.4, 0.5) is 5.82 Å². The van der Waals surface area contributed by atoms with Crippen LogP contribution in [0.5, 0.6) is 0 Å². The molecule has 0 radical (unpaired) electrons. The van der Waals surface area contributed by atoms with Gasteiger partial charge in [-0.1, -0.05) is 0 Å². The lowest BCUT2D eigenvalue weighted by Crippen LogP contribution is -2.34. The molecule has 1 aromatic heterocycles. The predicted molar refractivity (Wildman–Crippen MR) is 81.7 cm³/mol. The molecule has 0 saturated carbocycles. The molecule has 0 aromatic carbocycles. The van der Waals surface area contributed by atoms with Crippen molar-refractivity contribution in [3.63, 3.8) is 0 Å². The molecule has 0 bridgehead atoms. The second-order valence-corrected chi connectivity index (χ2v) is 5.44. The van der Waals surface area contributed by atoms with E-state index in [0.717, 1.165) is 4.47 Å². The Hall–Kier alpha value is -1.63. The number of pyridine rings is 1. The van der Waals surface area contributed by atoms with Crippen molar-refractivity contribution in [2.75, 3.05) is 18.9 Å². The molecule has 0 fully saturated rings. The summed E-state index contributed by atoms with van der Waals surface area (Å²) in [6.07, 6.45) is 1.86. The Bertz CT molecular complexity index is 491. The molecular formula is C13H19BrN4O2. The number of anilines is 1. The van der Waals surface area contributed by atoms with Crippen LogP contribution in [0.3, 0.4) is 0 Å². The van der Waals surface area contributed by atoms with Crippen LogP contribution in [0.2, 0.25) is 0 Å². The summed E-state index contributed by atoms with van der Waals surface area (Å²) < 4.78 is 0.721. The van der Waals surface area contributed by atoms with Gasteiger partial charge in [0.15, 0.2) is 0 Å². The molecule has 3 N–H and O–H groups in total. The normalized spacial score (nSPS) is 10.2. The molecule has 20 heavy (non-hydrogen) atoms. The van der Waals surface area contributed by atoms with Crippen LogP contribution in [0.1, 0.15) is 30.6 Å². The molecular weight excluding hydrogens is 324 g/mol. The van der Waals surface area contributed by atoms with Gasteiger partial charge in [0.05, 0.1) is 5.56 Å². The maximum Gasteiger partial charge on any atom is 0.255 e. The lowest BCUT2D eigenvalue weighted by molar-refractivity contribution is -0.121. The lowest BCUT2D eigenvalue weighted by Gasteiger charge is -2.10. The van der Waals surface area contributed by atoms with Crippen LogP contribution in [-0.4, -0.2) is 36.4 Å². The summed E-state index contributed by atoms with van der Waals surface area (Å²) in [5, 5.41) is 8.33. The average molecular weight is 343 g/mol. The van der Waals surface area contributed by atoms with Gasteiger partial charge in [-0.2, -0.15) is 0 Å². The summed E-state index contributed by atoms with van der Waals surface area (Å²) in [5.74, 6) is 0.152. The van der Waals surface area contributed by atoms with Gasteiger partial charge in [0.1, 0.15) is 5.82 Å². The summed E-state index contributed by atoms with van der Waals surface area (Å²) in [6.45, 7) is 4.07. The number of hydrogen-bond donors (Lipinski definition) is 3. The van der Waals surface area contributed by atoms with Crippen LogP contribution < -0.4 is 16.0 Å². The molecule has 7 heteroatoms. The number of rotatable bonds is 6. The molecule has 0 aliphatic heterocycles. The van der Waals surface area contributed by atoms with E-state index in [2.05, 4.69) is 36.9 Å². The van der Waals surface area contributed by atoms with E-state index in [9.17, 15) is 9.59 Å². The van der Waals surface area contributed by atoms with Gasteiger partial charge in [-0.3, -0.25) is 9.59 Å². The molecule has 1 heterocycles. The summed E-state index contributed by atoms with van der Waals surface area (Å²) in [7, 11) is 1.70. The van der Waals surface area contributed by atoms with Crippen molar-refractivity contribution < 1.29 is 9.59 Å². The Kier molecular flexibility index (Phi) is 6.44. The Morgan fingerprint density at radius 2 is 2.10 bits per heavy atom. The molecule has 0 aliphatic carbocycles. The fraction of sp³-hybridized carbons (Fsp3) is 0.462. The molecule has 0 saturated heterocycles. The first kappa shape index (κ1) is 16.4. The minimum Gasteiger partial charge on any atom is -0.372 e. The third-order valence-electron chi connectivity index (χ3n) is 2.42. The first-order chi connectivity index (χ1) is 9.43. The first-order valence-electron chi connectivity index (χ1n) is 6.35. The highest BCUT2D eigenvalue weighted by Gasteiger charge is 2.13.